The minimum absolute atomic E-state index is 0.330. The summed E-state index contributed by atoms with van der Waals surface area (Å²) in [4.78, 5) is 0. The van der Waals surface area contributed by atoms with Gasteiger partial charge < -0.3 is 5.32 Å². The third-order valence-corrected chi connectivity index (χ3v) is 3.54. The second-order valence-electron chi connectivity index (χ2n) is 5.03. The Kier molecular flexibility index (Phi) is 5.00. The van der Waals surface area contributed by atoms with E-state index < -0.39 is 0 Å². The van der Waals surface area contributed by atoms with Gasteiger partial charge in [0.05, 0.1) is 0 Å². The van der Waals surface area contributed by atoms with Crippen molar-refractivity contribution in [2.45, 2.75) is 32.4 Å². The van der Waals surface area contributed by atoms with Crippen molar-refractivity contribution in [2.75, 3.05) is 0 Å². The third-order valence-electron chi connectivity index (χ3n) is 3.29. The summed E-state index contributed by atoms with van der Waals surface area (Å²) >= 11 is 5.91. The summed E-state index contributed by atoms with van der Waals surface area (Å²) in [5, 5.41) is 4.41. The molecular formula is C17H20ClN. The van der Waals surface area contributed by atoms with E-state index in [9.17, 15) is 0 Å². The molecule has 0 amide bonds. The molecule has 0 bridgehead atoms. The zero-order chi connectivity index (χ0) is 13.7. The number of benzene rings is 2. The van der Waals surface area contributed by atoms with Crippen molar-refractivity contribution >= 4 is 11.6 Å². The first-order chi connectivity index (χ1) is 9.15. The van der Waals surface area contributed by atoms with E-state index in [2.05, 4.69) is 61.6 Å². The Balaban J connectivity index is 1.91. The van der Waals surface area contributed by atoms with Gasteiger partial charge in [-0.05, 0) is 43.5 Å². The van der Waals surface area contributed by atoms with E-state index >= 15 is 0 Å². The highest BCUT2D eigenvalue weighted by atomic mass is 35.5. The van der Waals surface area contributed by atoms with Crippen LogP contribution in [-0.4, -0.2) is 6.04 Å². The summed E-state index contributed by atoms with van der Waals surface area (Å²) < 4.78 is 0. The molecule has 19 heavy (non-hydrogen) atoms. The van der Waals surface area contributed by atoms with Crippen molar-refractivity contribution in [3.05, 3.63) is 70.7 Å². The molecule has 0 aliphatic heterocycles. The smallest absolute Gasteiger partial charge is 0.0406 e. The lowest BCUT2D eigenvalue weighted by Crippen LogP contribution is -2.30. The van der Waals surface area contributed by atoms with Crippen LogP contribution in [-0.2, 0) is 6.42 Å². The quantitative estimate of drug-likeness (QED) is 0.838. The van der Waals surface area contributed by atoms with Gasteiger partial charge in [0.2, 0.25) is 0 Å². The molecule has 0 aromatic heterocycles. The first kappa shape index (κ1) is 14.1. The Morgan fingerprint density at radius 3 is 2.21 bits per heavy atom. The largest absolute Gasteiger partial charge is 0.307 e. The first-order valence-corrected chi connectivity index (χ1v) is 7.08. The zero-order valence-corrected chi connectivity index (χ0v) is 12.2. The number of halogens is 1. The number of hydrogen-bond acceptors (Lipinski definition) is 1. The summed E-state index contributed by atoms with van der Waals surface area (Å²) in [7, 11) is 0. The van der Waals surface area contributed by atoms with Crippen LogP contribution in [0.3, 0.4) is 0 Å². The molecule has 0 radical (unpaired) electrons. The molecule has 0 aliphatic carbocycles. The van der Waals surface area contributed by atoms with Gasteiger partial charge in [0.15, 0.2) is 0 Å². The fraction of sp³-hybridized carbons (Fsp3) is 0.294. The maximum atomic E-state index is 5.91. The Hall–Kier alpha value is -1.31. The summed E-state index contributed by atoms with van der Waals surface area (Å²) in [5.41, 5.74) is 2.63. The van der Waals surface area contributed by atoms with Crippen LogP contribution >= 0.6 is 11.6 Å². The van der Waals surface area contributed by atoms with Gasteiger partial charge in [-0.2, -0.15) is 0 Å². The van der Waals surface area contributed by atoms with Gasteiger partial charge in [-0.1, -0.05) is 54.1 Å². The van der Waals surface area contributed by atoms with Crippen molar-refractivity contribution in [1.82, 2.24) is 5.32 Å². The Bertz CT molecular complexity index is 492. The molecule has 1 nitrogen and oxygen atoms in total. The van der Waals surface area contributed by atoms with E-state index in [4.69, 9.17) is 11.6 Å². The zero-order valence-electron chi connectivity index (χ0n) is 11.4. The van der Waals surface area contributed by atoms with Gasteiger partial charge in [-0.3, -0.25) is 0 Å². The molecule has 0 spiro atoms. The molecule has 0 saturated heterocycles. The van der Waals surface area contributed by atoms with Gasteiger partial charge in [0.1, 0.15) is 0 Å². The average molecular weight is 274 g/mol. The molecule has 100 valence electrons. The van der Waals surface area contributed by atoms with Crippen LogP contribution in [0, 0.1) is 0 Å². The molecule has 1 N–H and O–H groups in total. The fourth-order valence-corrected chi connectivity index (χ4v) is 2.43. The Labute approximate surface area is 120 Å². The Morgan fingerprint density at radius 1 is 0.947 bits per heavy atom. The van der Waals surface area contributed by atoms with Gasteiger partial charge in [-0.15, -0.1) is 0 Å². The standard InChI is InChI=1S/C17H20ClN/c1-13(12-15-6-4-3-5-7-15)19-14(2)16-8-10-17(18)11-9-16/h3-11,13-14,19H,12H2,1-2H3/t13?,14-/m0/s1. The third kappa shape index (κ3) is 4.38. The van der Waals surface area contributed by atoms with Crippen LogP contribution in [0.4, 0.5) is 0 Å². The van der Waals surface area contributed by atoms with E-state index in [1.54, 1.807) is 0 Å². The normalized spacial score (nSPS) is 14.1. The van der Waals surface area contributed by atoms with Crippen LogP contribution in [0.25, 0.3) is 0 Å². The van der Waals surface area contributed by atoms with Crippen LogP contribution in [0.1, 0.15) is 31.0 Å². The molecule has 2 heteroatoms. The summed E-state index contributed by atoms with van der Waals surface area (Å²) in [5.74, 6) is 0. The predicted octanol–water partition coefficient (Wildman–Crippen LogP) is 4.62. The SMILES string of the molecule is CC(Cc1ccccc1)N[C@@H](C)c1ccc(Cl)cc1. The van der Waals surface area contributed by atoms with Gasteiger partial charge in [0, 0.05) is 17.1 Å². The molecular weight excluding hydrogens is 254 g/mol. The topological polar surface area (TPSA) is 12.0 Å². The van der Waals surface area contributed by atoms with Crippen LogP contribution < -0.4 is 5.32 Å². The second-order valence-corrected chi connectivity index (χ2v) is 5.47. The fourth-order valence-electron chi connectivity index (χ4n) is 2.30. The Morgan fingerprint density at radius 2 is 1.58 bits per heavy atom. The average Bonchev–Trinajstić information content (AvgIpc) is 2.40. The summed E-state index contributed by atoms with van der Waals surface area (Å²) in [6.07, 6.45) is 1.04. The lowest BCUT2D eigenvalue weighted by molar-refractivity contribution is 0.477. The number of nitrogens with one attached hydrogen (secondary N) is 1. The minimum atomic E-state index is 0.330. The molecule has 2 aromatic rings. The lowest BCUT2D eigenvalue weighted by Gasteiger charge is -2.20. The van der Waals surface area contributed by atoms with Gasteiger partial charge >= 0.3 is 0 Å². The van der Waals surface area contributed by atoms with Crippen molar-refractivity contribution in [3.63, 3.8) is 0 Å². The molecule has 1 unspecified atom stereocenters. The maximum absolute atomic E-state index is 5.91. The summed E-state index contributed by atoms with van der Waals surface area (Å²) in [6, 6.07) is 19.4. The van der Waals surface area contributed by atoms with Gasteiger partial charge in [-0.25, -0.2) is 0 Å². The second kappa shape index (κ2) is 6.74. The van der Waals surface area contributed by atoms with E-state index in [1.807, 2.05) is 12.1 Å². The highest BCUT2D eigenvalue weighted by Crippen LogP contribution is 2.17. The van der Waals surface area contributed by atoms with Crippen LogP contribution in [0.2, 0.25) is 5.02 Å². The van der Waals surface area contributed by atoms with Crippen molar-refractivity contribution in [2.24, 2.45) is 0 Å². The minimum Gasteiger partial charge on any atom is -0.307 e. The van der Waals surface area contributed by atoms with Gasteiger partial charge in [0.25, 0.3) is 0 Å². The molecule has 2 atom stereocenters. The molecule has 0 heterocycles. The van der Waals surface area contributed by atoms with E-state index in [1.165, 1.54) is 11.1 Å². The van der Waals surface area contributed by atoms with Crippen molar-refractivity contribution in [1.29, 1.82) is 0 Å². The van der Waals surface area contributed by atoms with Crippen molar-refractivity contribution < 1.29 is 0 Å². The van der Waals surface area contributed by atoms with E-state index in [-0.39, 0.29) is 0 Å². The molecule has 2 rings (SSSR count). The molecule has 0 aliphatic rings. The van der Waals surface area contributed by atoms with E-state index in [0.717, 1.165) is 11.4 Å². The molecule has 0 saturated carbocycles. The van der Waals surface area contributed by atoms with Crippen LogP contribution in [0.15, 0.2) is 54.6 Å². The number of rotatable bonds is 5. The maximum Gasteiger partial charge on any atom is 0.0406 e. The van der Waals surface area contributed by atoms with E-state index in [0.29, 0.717) is 12.1 Å². The molecule has 2 aromatic carbocycles. The lowest BCUT2D eigenvalue weighted by atomic mass is 10.0. The first-order valence-electron chi connectivity index (χ1n) is 6.70. The highest BCUT2D eigenvalue weighted by Gasteiger charge is 2.09. The summed E-state index contributed by atoms with van der Waals surface area (Å²) in [6.45, 7) is 4.41. The monoisotopic (exact) mass is 273 g/mol. The molecule has 0 fully saturated rings. The number of hydrogen-bond donors (Lipinski definition) is 1. The predicted molar refractivity (Wildman–Crippen MR) is 82.6 cm³/mol. The van der Waals surface area contributed by atoms with Crippen molar-refractivity contribution in [3.8, 4) is 0 Å². The highest BCUT2D eigenvalue weighted by molar-refractivity contribution is 6.30. The van der Waals surface area contributed by atoms with Crippen LogP contribution in [0.5, 0.6) is 0 Å².